The lowest BCUT2D eigenvalue weighted by molar-refractivity contribution is 0.00943. The number of carbonyl (C=O) groups excluding carboxylic acids is 1. The standard InChI is InChI=1S/C19H27N3O4/c1-19(2,3)26-18(24)22-11-7-6-8-13(22)15-14(25-5)10-9-12-16(15)21(4)17(23)20-12/h9-10,13H,6-8,11H2,1-5H3,(H,20,23). The third-order valence-electron chi connectivity index (χ3n) is 4.74. The van der Waals surface area contributed by atoms with Gasteiger partial charge in [-0.05, 0) is 52.2 Å². The highest BCUT2D eigenvalue weighted by atomic mass is 16.6. The van der Waals surface area contributed by atoms with Crippen LogP contribution in [-0.2, 0) is 11.8 Å². The normalized spacial score (nSPS) is 18.2. The third-order valence-corrected chi connectivity index (χ3v) is 4.74. The van der Waals surface area contributed by atoms with E-state index in [1.54, 1.807) is 23.6 Å². The molecule has 1 fully saturated rings. The largest absolute Gasteiger partial charge is 0.496 e. The zero-order valence-corrected chi connectivity index (χ0v) is 16.1. The van der Waals surface area contributed by atoms with Gasteiger partial charge in [0.2, 0.25) is 0 Å². The molecule has 1 atom stereocenters. The van der Waals surface area contributed by atoms with Gasteiger partial charge in [-0.15, -0.1) is 0 Å². The number of aromatic amines is 1. The van der Waals surface area contributed by atoms with Crippen molar-refractivity contribution in [3.63, 3.8) is 0 Å². The van der Waals surface area contributed by atoms with E-state index in [1.807, 2.05) is 32.9 Å². The van der Waals surface area contributed by atoms with E-state index in [1.165, 1.54) is 0 Å². The number of imidazole rings is 1. The van der Waals surface area contributed by atoms with Crippen LogP contribution in [0.1, 0.15) is 51.6 Å². The number of nitrogens with one attached hydrogen (secondary N) is 1. The number of carbonyl (C=O) groups is 1. The van der Waals surface area contributed by atoms with E-state index in [2.05, 4.69) is 4.98 Å². The fraction of sp³-hybridized carbons (Fsp3) is 0.579. The zero-order valence-electron chi connectivity index (χ0n) is 16.1. The fourth-order valence-electron chi connectivity index (χ4n) is 3.62. The smallest absolute Gasteiger partial charge is 0.410 e. The summed E-state index contributed by atoms with van der Waals surface area (Å²) in [5, 5.41) is 0. The van der Waals surface area contributed by atoms with Crippen molar-refractivity contribution in [2.45, 2.75) is 51.7 Å². The molecule has 3 rings (SSSR count). The summed E-state index contributed by atoms with van der Waals surface area (Å²) < 4.78 is 12.8. The van der Waals surface area contributed by atoms with Crippen LogP contribution >= 0.6 is 0 Å². The molecule has 0 spiro atoms. The summed E-state index contributed by atoms with van der Waals surface area (Å²) in [7, 11) is 3.33. The number of hydrogen-bond acceptors (Lipinski definition) is 4. The highest BCUT2D eigenvalue weighted by Crippen LogP contribution is 2.40. The molecule has 0 aliphatic carbocycles. The molecule has 2 aromatic rings. The summed E-state index contributed by atoms with van der Waals surface area (Å²) in [5.41, 5.74) is 1.62. The van der Waals surface area contributed by atoms with Crippen molar-refractivity contribution >= 4 is 17.1 Å². The predicted octanol–water partition coefficient (Wildman–Crippen LogP) is 3.34. The summed E-state index contributed by atoms with van der Waals surface area (Å²) in [6.45, 7) is 6.21. The minimum atomic E-state index is -0.559. The van der Waals surface area contributed by atoms with Crippen LogP contribution in [0.15, 0.2) is 16.9 Å². The number of aromatic nitrogens is 2. The number of methoxy groups -OCH3 is 1. The van der Waals surface area contributed by atoms with Crippen LogP contribution in [0.4, 0.5) is 4.79 Å². The molecule has 1 aromatic carbocycles. The predicted molar refractivity (Wildman–Crippen MR) is 99.6 cm³/mol. The summed E-state index contributed by atoms with van der Waals surface area (Å²) >= 11 is 0. The minimum absolute atomic E-state index is 0.186. The molecule has 7 heteroatoms. The van der Waals surface area contributed by atoms with Crippen LogP contribution in [0.5, 0.6) is 5.75 Å². The van der Waals surface area contributed by atoms with Crippen molar-refractivity contribution < 1.29 is 14.3 Å². The van der Waals surface area contributed by atoms with Crippen LogP contribution < -0.4 is 10.4 Å². The van der Waals surface area contributed by atoms with E-state index in [9.17, 15) is 9.59 Å². The number of nitrogens with zero attached hydrogens (tertiary/aromatic N) is 2. The summed E-state index contributed by atoms with van der Waals surface area (Å²) in [4.78, 5) is 29.6. The van der Waals surface area contributed by atoms with E-state index in [0.717, 1.165) is 35.9 Å². The highest BCUT2D eigenvalue weighted by molar-refractivity contribution is 5.83. The molecular formula is C19H27N3O4. The van der Waals surface area contributed by atoms with Crippen molar-refractivity contribution in [3.05, 3.63) is 28.2 Å². The van der Waals surface area contributed by atoms with Gasteiger partial charge >= 0.3 is 11.8 Å². The Labute approximate surface area is 152 Å². The van der Waals surface area contributed by atoms with Gasteiger partial charge in [0.15, 0.2) is 0 Å². The highest BCUT2D eigenvalue weighted by Gasteiger charge is 2.34. The number of benzene rings is 1. The van der Waals surface area contributed by atoms with Gasteiger partial charge in [-0.2, -0.15) is 0 Å². The summed E-state index contributed by atoms with van der Waals surface area (Å²) in [5.74, 6) is 0.674. The topological polar surface area (TPSA) is 76.6 Å². The van der Waals surface area contributed by atoms with Gasteiger partial charge in [0.25, 0.3) is 0 Å². The van der Waals surface area contributed by atoms with Gasteiger partial charge in [0.05, 0.1) is 24.2 Å². The Kier molecular flexibility index (Phi) is 4.73. The molecule has 1 aliphatic heterocycles. The molecular weight excluding hydrogens is 334 g/mol. The molecule has 142 valence electrons. The van der Waals surface area contributed by atoms with Crippen LogP contribution in [0.25, 0.3) is 11.0 Å². The van der Waals surface area contributed by atoms with E-state index < -0.39 is 5.60 Å². The van der Waals surface area contributed by atoms with Crippen molar-refractivity contribution in [2.24, 2.45) is 7.05 Å². The van der Waals surface area contributed by atoms with Gasteiger partial charge in [-0.25, -0.2) is 9.59 Å². The van der Waals surface area contributed by atoms with Crippen molar-refractivity contribution in [1.29, 1.82) is 0 Å². The number of fused-ring (bicyclic) bond motifs is 1. The maximum Gasteiger partial charge on any atom is 0.410 e. The molecule has 1 amide bonds. The lowest BCUT2D eigenvalue weighted by atomic mass is 9.93. The minimum Gasteiger partial charge on any atom is -0.496 e. The Morgan fingerprint density at radius 2 is 2.00 bits per heavy atom. The second-order valence-electron chi connectivity index (χ2n) is 7.75. The van der Waals surface area contributed by atoms with E-state index in [0.29, 0.717) is 12.3 Å². The summed E-state index contributed by atoms with van der Waals surface area (Å²) in [6.07, 6.45) is 2.40. The Bertz CT molecular complexity index is 875. The SMILES string of the molecule is COc1ccc2[nH]c(=O)n(C)c2c1C1CCCCN1C(=O)OC(C)(C)C. The summed E-state index contributed by atoms with van der Waals surface area (Å²) in [6, 6.07) is 3.48. The Hall–Kier alpha value is -2.44. The van der Waals surface area contributed by atoms with Gasteiger partial charge in [-0.1, -0.05) is 0 Å². The van der Waals surface area contributed by atoms with Crippen LogP contribution in [0.2, 0.25) is 0 Å². The van der Waals surface area contributed by atoms with Gasteiger partial charge in [0, 0.05) is 19.2 Å². The van der Waals surface area contributed by atoms with E-state index in [-0.39, 0.29) is 17.8 Å². The average Bonchev–Trinajstić information content (AvgIpc) is 2.87. The second-order valence-corrected chi connectivity index (χ2v) is 7.75. The number of H-pyrrole nitrogens is 1. The van der Waals surface area contributed by atoms with E-state index in [4.69, 9.17) is 9.47 Å². The van der Waals surface area contributed by atoms with Crippen molar-refractivity contribution in [3.8, 4) is 5.75 Å². The number of piperidine rings is 1. The lowest BCUT2D eigenvalue weighted by Gasteiger charge is -2.37. The first kappa shape index (κ1) is 18.4. The molecule has 0 radical (unpaired) electrons. The molecule has 1 aromatic heterocycles. The zero-order chi connectivity index (χ0) is 19.1. The van der Waals surface area contributed by atoms with Crippen molar-refractivity contribution in [1.82, 2.24) is 14.5 Å². The average molecular weight is 361 g/mol. The maximum absolute atomic E-state index is 12.8. The molecule has 26 heavy (non-hydrogen) atoms. The molecule has 1 saturated heterocycles. The number of rotatable bonds is 2. The molecule has 2 heterocycles. The van der Waals surface area contributed by atoms with Gasteiger partial charge < -0.3 is 19.4 Å². The number of ether oxygens (including phenoxy) is 2. The first-order valence-corrected chi connectivity index (χ1v) is 8.98. The maximum atomic E-state index is 12.8. The van der Waals surface area contributed by atoms with Crippen LogP contribution in [0, 0.1) is 0 Å². The molecule has 7 nitrogen and oxygen atoms in total. The fourth-order valence-corrected chi connectivity index (χ4v) is 3.62. The first-order valence-electron chi connectivity index (χ1n) is 8.98. The number of likely N-dealkylation sites (tertiary alicyclic amines) is 1. The Morgan fingerprint density at radius 3 is 2.65 bits per heavy atom. The molecule has 1 N–H and O–H groups in total. The Balaban J connectivity index is 2.13. The Morgan fingerprint density at radius 1 is 1.27 bits per heavy atom. The van der Waals surface area contributed by atoms with E-state index >= 15 is 0 Å². The number of amides is 1. The third kappa shape index (κ3) is 3.30. The molecule has 0 bridgehead atoms. The lowest BCUT2D eigenvalue weighted by Crippen LogP contribution is -2.42. The monoisotopic (exact) mass is 361 g/mol. The van der Waals surface area contributed by atoms with Gasteiger partial charge in [0.1, 0.15) is 11.4 Å². The quantitative estimate of drug-likeness (QED) is 0.890. The number of aryl methyl sites for hydroxylation is 1. The van der Waals surface area contributed by atoms with Crippen molar-refractivity contribution in [2.75, 3.05) is 13.7 Å². The first-order chi connectivity index (χ1) is 12.2. The van der Waals surface area contributed by atoms with Crippen LogP contribution in [-0.4, -0.2) is 39.8 Å². The molecule has 1 unspecified atom stereocenters. The number of hydrogen-bond donors (Lipinski definition) is 1. The second kappa shape index (κ2) is 6.70. The molecule has 1 aliphatic rings. The van der Waals surface area contributed by atoms with Crippen LogP contribution in [0.3, 0.4) is 0 Å². The van der Waals surface area contributed by atoms with Gasteiger partial charge in [-0.3, -0.25) is 4.57 Å². The molecule has 0 saturated carbocycles.